The summed E-state index contributed by atoms with van der Waals surface area (Å²) in [5.41, 5.74) is 0.941. The van der Waals surface area contributed by atoms with E-state index >= 15 is 0 Å². The SMILES string of the molecule is Cc1c(Cl)ncnc1N1CCOCC1. The van der Waals surface area contributed by atoms with Gasteiger partial charge in [0.05, 0.1) is 13.2 Å². The Morgan fingerprint density at radius 1 is 1.36 bits per heavy atom. The van der Waals surface area contributed by atoms with Gasteiger partial charge in [-0.2, -0.15) is 0 Å². The summed E-state index contributed by atoms with van der Waals surface area (Å²) in [6, 6.07) is 0. The summed E-state index contributed by atoms with van der Waals surface area (Å²) in [5, 5.41) is 0.529. The lowest BCUT2D eigenvalue weighted by Gasteiger charge is -2.28. The lowest BCUT2D eigenvalue weighted by atomic mass is 10.3. The minimum absolute atomic E-state index is 0.529. The van der Waals surface area contributed by atoms with E-state index in [4.69, 9.17) is 16.3 Å². The number of rotatable bonds is 1. The van der Waals surface area contributed by atoms with Crippen LogP contribution < -0.4 is 4.90 Å². The van der Waals surface area contributed by atoms with Crippen LogP contribution in [0.2, 0.25) is 5.15 Å². The van der Waals surface area contributed by atoms with Crippen molar-refractivity contribution in [3.05, 3.63) is 17.0 Å². The van der Waals surface area contributed by atoms with Crippen molar-refractivity contribution >= 4 is 17.4 Å². The maximum absolute atomic E-state index is 5.92. The molecule has 0 atom stereocenters. The highest BCUT2D eigenvalue weighted by Crippen LogP contribution is 2.22. The predicted molar refractivity (Wildman–Crippen MR) is 54.8 cm³/mol. The highest BCUT2D eigenvalue weighted by atomic mass is 35.5. The van der Waals surface area contributed by atoms with Crippen molar-refractivity contribution in [1.29, 1.82) is 0 Å². The molecule has 1 aliphatic heterocycles. The van der Waals surface area contributed by atoms with Crippen molar-refractivity contribution in [3.63, 3.8) is 0 Å². The molecule has 0 N–H and O–H groups in total. The number of hydrogen-bond donors (Lipinski definition) is 0. The van der Waals surface area contributed by atoms with Crippen LogP contribution in [0.4, 0.5) is 5.82 Å². The molecule has 2 heterocycles. The molecule has 0 amide bonds. The lowest BCUT2D eigenvalue weighted by Crippen LogP contribution is -2.37. The highest BCUT2D eigenvalue weighted by Gasteiger charge is 2.15. The lowest BCUT2D eigenvalue weighted by molar-refractivity contribution is 0.122. The Morgan fingerprint density at radius 3 is 2.79 bits per heavy atom. The van der Waals surface area contributed by atoms with E-state index in [-0.39, 0.29) is 0 Å². The number of halogens is 1. The number of nitrogens with zero attached hydrogens (tertiary/aromatic N) is 3. The smallest absolute Gasteiger partial charge is 0.137 e. The van der Waals surface area contributed by atoms with Crippen molar-refractivity contribution in [1.82, 2.24) is 9.97 Å². The normalized spacial score (nSPS) is 17.1. The quantitative estimate of drug-likeness (QED) is 0.659. The Morgan fingerprint density at radius 2 is 2.07 bits per heavy atom. The van der Waals surface area contributed by atoms with Gasteiger partial charge in [0, 0.05) is 18.7 Å². The Labute approximate surface area is 87.9 Å². The van der Waals surface area contributed by atoms with Crippen molar-refractivity contribution < 1.29 is 4.74 Å². The van der Waals surface area contributed by atoms with Gasteiger partial charge >= 0.3 is 0 Å². The molecule has 0 bridgehead atoms. The predicted octanol–water partition coefficient (Wildman–Crippen LogP) is 1.28. The van der Waals surface area contributed by atoms with Crippen molar-refractivity contribution in [2.24, 2.45) is 0 Å². The first kappa shape index (κ1) is 9.68. The van der Waals surface area contributed by atoms with E-state index in [1.54, 1.807) is 0 Å². The zero-order chi connectivity index (χ0) is 9.97. The monoisotopic (exact) mass is 213 g/mol. The van der Waals surface area contributed by atoms with Crippen LogP contribution in [0.1, 0.15) is 5.56 Å². The van der Waals surface area contributed by atoms with Crippen LogP contribution in [0.25, 0.3) is 0 Å². The number of morpholine rings is 1. The fraction of sp³-hybridized carbons (Fsp3) is 0.556. The van der Waals surface area contributed by atoms with Crippen LogP contribution in [-0.4, -0.2) is 36.3 Å². The molecule has 0 unspecified atom stereocenters. The standard InChI is InChI=1S/C9H12ClN3O/c1-7-8(10)11-6-12-9(7)13-2-4-14-5-3-13/h6H,2-5H2,1H3. The van der Waals surface area contributed by atoms with Gasteiger partial charge < -0.3 is 9.64 Å². The second kappa shape index (κ2) is 4.11. The van der Waals surface area contributed by atoms with Crippen molar-refractivity contribution in [3.8, 4) is 0 Å². The second-order valence-corrected chi connectivity index (χ2v) is 3.57. The van der Waals surface area contributed by atoms with Gasteiger partial charge in [-0.05, 0) is 6.92 Å². The molecule has 0 radical (unpaired) electrons. The third-order valence-electron chi connectivity index (χ3n) is 2.31. The third-order valence-corrected chi connectivity index (χ3v) is 2.69. The largest absolute Gasteiger partial charge is 0.378 e. The molecule has 0 aromatic carbocycles. The van der Waals surface area contributed by atoms with E-state index in [9.17, 15) is 0 Å². The molecule has 1 aromatic heterocycles. The van der Waals surface area contributed by atoms with Gasteiger partial charge in [-0.3, -0.25) is 0 Å². The molecule has 5 heteroatoms. The molecule has 1 fully saturated rings. The van der Waals surface area contributed by atoms with Gasteiger partial charge in [-0.1, -0.05) is 11.6 Å². The third kappa shape index (κ3) is 1.81. The summed E-state index contributed by atoms with van der Waals surface area (Å²) in [4.78, 5) is 10.3. The molecule has 0 saturated carbocycles. The number of ether oxygens (including phenoxy) is 1. The fourth-order valence-corrected chi connectivity index (χ4v) is 1.64. The summed E-state index contributed by atoms with van der Waals surface area (Å²) in [5.74, 6) is 0.924. The van der Waals surface area contributed by atoms with Crippen LogP contribution in [0.15, 0.2) is 6.33 Å². The first-order valence-electron chi connectivity index (χ1n) is 4.59. The second-order valence-electron chi connectivity index (χ2n) is 3.21. The molecule has 0 spiro atoms. The summed E-state index contributed by atoms with van der Waals surface area (Å²) < 4.78 is 5.27. The average molecular weight is 214 g/mol. The van der Waals surface area contributed by atoms with E-state index in [1.165, 1.54) is 6.33 Å². The molecule has 1 aliphatic rings. The average Bonchev–Trinajstić information content (AvgIpc) is 2.23. The van der Waals surface area contributed by atoms with Gasteiger partial charge in [0.2, 0.25) is 0 Å². The van der Waals surface area contributed by atoms with Crippen molar-refractivity contribution in [2.45, 2.75) is 6.92 Å². The Kier molecular flexibility index (Phi) is 2.84. The summed E-state index contributed by atoms with van der Waals surface area (Å²) in [6.45, 7) is 5.18. The van der Waals surface area contributed by atoms with Crippen LogP contribution in [0.5, 0.6) is 0 Å². The maximum Gasteiger partial charge on any atom is 0.137 e. The van der Waals surface area contributed by atoms with E-state index in [0.717, 1.165) is 37.7 Å². The van der Waals surface area contributed by atoms with Crippen LogP contribution >= 0.6 is 11.6 Å². The molecule has 4 nitrogen and oxygen atoms in total. The summed E-state index contributed by atoms with van der Waals surface area (Å²) in [7, 11) is 0. The summed E-state index contributed by atoms with van der Waals surface area (Å²) >= 11 is 5.92. The van der Waals surface area contributed by atoms with E-state index in [2.05, 4.69) is 14.9 Å². The van der Waals surface area contributed by atoms with Gasteiger partial charge in [-0.15, -0.1) is 0 Å². The minimum Gasteiger partial charge on any atom is -0.378 e. The van der Waals surface area contributed by atoms with E-state index < -0.39 is 0 Å². The van der Waals surface area contributed by atoms with Crippen LogP contribution in [0.3, 0.4) is 0 Å². The van der Waals surface area contributed by atoms with Gasteiger partial charge in [0.25, 0.3) is 0 Å². The zero-order valence-electron chi connectivity index (χ0n) is 8.03. The first-order valence-corrected chi connectivity index (χ1v) is 4.96. The van der Waals surface area contributed by atoms with E-state index in [1.807, 2.05) is 6.92 Å². The summed E-state index contributed by atoms with van der Waals surface area (Å²) in [6.07, 6.45) is 1.50. The molecule has 1 saturated heterocycles. The Bertz CT molecular complexity index is 326. The Balaban J connectivity index is 2.26. The molecule has 1 aromatic rings. The molecular formula is C9H12ClN3O. The topological polar surface area (TPSA) is 38.2 Å². The molecule has 14 heavy (non-hydrogen) atoms. The maximum atomic E-state index is 5.92. The fourth-order valence-electron chi connectivity index (χ4n) is 1.51. The van der Waals surface area contributed by atoms with Gasteiger partial charge in [-0.25, -0.2) is 9.97 Å². The number of hydrogen-bond acceptors (Lipinski definition) is 4. The Hall–Kier alpha value is -0.870. The molecule has 2 rings (SSSR count). The molecular weight excluding hydrogens is 202 g/mol. The van der Waals surface area contributed by atoms with Gasteiger partial charge in [0.1, 0.15) is 17.3 Å². The first-order chi connectivity index (χ1) is 6.79. The van der Waals surface area contributed by atoms with Crippen molar-refractivity contribution in [2.75, 3.05) is 31.2 Å². The molecule has 0 aliphatic carbocycles. The van der Waals surface area contributed by atoms with Gasteiger partial charge in [0.15, 0.2) is 0 Å². The number of aromatic nitrogens is 2. The van der Waals surface area contributed by atoms with E-state index in [0.29, 0.717) is 5.15 Å². The molecule has 76 valence electrons. The van der Waals surface area contributed by atoms with Crippen LogP contribution in [-0.2, 0) is 4.74 Å². The van der Waals surface area contributed by atoms with Crippen LogP contribution in [0, 0.1) is 6.92 Å². The zero-order valence-corrected chi connectivity index (χ0v) is 8.79. The number of anilines is 1. The highest BCUT2D eigenvalue weighted by molar-refractivity contribution is 6.30. The minimum atomic E-state index is 0.529.